The van der Waals surface area contributed by atoms with Crippen LogP contribution >= 0.6 is 22.9 Å². The normalized spacial score (nSPS) is 10.8. The van der Waals surface area contributed by atoms with Crippen molar-refractivity contribution in [3.63, 3.8) is 0 Å². The number of hydrogen-bond donors (Lipinski definition) is 0. The standard InChI is InChI=1S/C14H17ClN2OS/c1-11-5-4-7-14(18)17(11)8-3-2-6-13-16-12(9-15)10-19-13/h4-5,7,10H,2-3,6,8-9H2,1H3. The molecule has 102 valence electrons. The maximum absolute atomic E-state index is 11.7. The van der Waals surface area contributed by atoms with Crippen LogP contribution in [0.1, 0.15) is 29.2 Å². The average Bonchev–Trinajstić information content (AvgIpc) is 2.85. The van der Waals surface area contributed by atoms with Crippen molar-refractivity contribution in [2.24, 2.45) is 0 Å². The largest absolute Gasteiger partial charge is 0.313 e. The zero-order valence-corrected chi connectivity index (χ0v) is 12.5. The SMILES string of the molecule is Cc1cccc(=O)n1CCCCc1nc(CCl)cs1. The maximum atomic E-state index is 11.7. The van der Waals surface area contributed by atoms with Crippen LogP contribution in [0.2, 0.25) is 0 Å². The molecule has 2 aromatic rings. The Kier molecular flexibility index (Phi) is 5.16. The Labute approximate surface area is 121 Å². The molecule has 0 saturated carbocycles. The molecule has 19 heavy (non-hydrogen) atoms. The van der Waals surface area contributed by atoms with Crippen LogP contribution in [0.5, 0.6) is 0 Å². The molecule has 2 rings (SSSR count). The van der Waals surface area contributed by atoms with Crippen molar-refractivity contribution in [1.82, 2.24) is 9.55 Å². The summed E-state index contributed by atoms with van der Waals surface area (Å²) in [6.07, 6.45) is 2.98. The molecule has 0 saturated heterocycles. The molecule has 2 heterocycles. The van der Waals surface area contributed by atoms with Gasteiger partial charge in [-0.15, -0.1) is 22.9 Å². The highest BCUT2D eigenvalue weighted by atomic mass is 35.5. The van der Waals surface area contributed by atoms with Gasteiger partial charge >= 0.3 is 0 Å². The third-order valence-corrected chi connectivity index (χ3v) is 4.26. The first-order valence-corrected chi connectivity index (χ1v) is 7.78. The number of rotatable bonds is 6. The van der Waals surface area contributed by atoms with E-state index in [1.54, 1.807) is 23.5 Å². The Morgan fingerprint density at radius 2 is 2.21 bits per heavy atom. The lowest BCUT2D eigenvalue weighted by molar-refractivity contribution is 0.581. The summed E-state index contributed by atoms with van der Waals surface area (Å²) in [5, 5.41) is 3.14. The van der Waals surface area contributed by atoms with Crippen LogP contribution in [0.3, 0.4) is 0 Å². The fourth-order valence-electron chi connectivity index (χ4n) is 1.98. The lowest BCUT2D eigenvalue weighted by atomic mass is 10.2. The van der Waals surface area contributed by atoms with Crippen molar-refractivity contribution >= 4 is 22.9 Å². The number of unbranched alkanes of at least 4 members (excludes halogenated alkanes) is 1. The van der Waals surface area contributed by atoms with Gasteiger partial charge in [0.25, 0.3) is 5.56 Å². The minimum Gasteiger partial charge on any atom is -0.313 e. The van der Waals surface area contributed by atoms with Gasteiger partial charge in [-0.25, -0.2) is 4.98 Å². The van der Waals surface area contributed by atoms with E-state index in [1.807, 2.05) is 22.9 Å². The molecule has 0 radical (unpaired) electrons. The Balaban J connectivity index is 1.82. The minimum absolute atomic E-state index is 0.0821. The fourth-order valence-corrected chi connectivity index (χ4v) is 3.05. The predicted octanol–water partition coefficient (Wildman–Crippen LogP) is 3.37. The quantitative estimate of drug-likeness (QED) is 0.605. The molecule has 0 N–H and O–H groups in total. The monoisotopic (exact) mass is 296 g/mol. The van der Waals surface area contributed by atoms with Crippen molar-refractivity contribution in [3.05, 3.63) is 50.3 Å². The number of thiazole rings is 1. The highest BCUT2D eigenvalue weighted by Gasteiger charge is 2.02. The van der Waals surface area contributed by atoms with Crippen molar-refractivity contribution in [2.45, 2.75) is 38.6 Å². The van der Waals surface area contributed by atoms with E-state index in [1.165, 1.54) is 0 Å². The molecular formula is C14H17ClN2OS. The lowest BCUT2D eigenvalue weighted by Gasteiger charge is -2.08. The van der Waals surface area contributed by atoms with Crippen LogP contribution in [0.15, 0.2) is 28.4 Å². The van der Waals surface area contributed by atoms with Crippen molar-refractivity contribution < 1.29 is 0 Å². The van der Waals surface area contributed by atoms with Crippen LogP contribution in [0.4, 0.5) is 0 Å². The van der Waals surface area contributed by atoms with Gasteiger partial charge in [-0.2, -0.15) is 0 Å². The highest BCUT2D eigenvalue weighted by Crippen LogP contribution is 2.14. The first-order valence-electron chi connectivity index (χ1n) is 6.36. The molecule has 5 heteroatoms. The Hall–Kier alpha value is -1.13. The molecule has 0 aliphatic rings. The first kappa shape index (κ1) is 14.3. The van der Waals surface area contributed by atoms with Gasteiger partial charge in [0.15, 0.2) is 0 Å². The Morgan fingerprint density at radius 1 is 1.37 bits per heavy atom. The lowest BCUT2D eigenvalue weighted by Crippen LogP contribution is -2.20. The van der Waals surface area contributed by atoms with Crippen LogP contribution < -0.4 is 5.56 Å². The summed E-state index contributed by atoms with van der Waals surface area (Å²) in [4.78, 5) is 16.1. The molecule has 0 aliphatic heterocycles. The van der Waals surface area contributed by atoms with Gasteiger partial charge in [-0.3, -0.25) is 4.79 Å². The molecule has 0 aromatic carbocycles. The molecule has 0 unspecified atom stereocenters. The Bertz CT molecular complexity index is 591. The van der Waals surface area contributed by atoms with Gasteiger partial charge in [0.05, 0.1) is 16.6 Å². The zero-order chi connectivity index (χ0) is 13.7. The summed E-state index contributed by atoms with van der Waals surface area (Å²) in [5.41, 5.74) is 2.06. The summed E-state index contributed by atoms with van der Waals surface area (Å²) < 4.78 is 1.83. The number of halogens is 1. The third-order valence-electron chi connectivity index (χ3n) is 3.03. The molecular weight excluding hydrogens is 280 g/mol. The van der Waals surface area contributed by atoms with E-state index in [0.29, 0.717) is 5.88 Å². The minimum atomic E-state index is 0.0821. The van der Waals surface area contributed by atoms with E-state index in [4.69, 9.17) is 11.6 Å². The van der Waals surface area contributed by atoms with Crippen molar-refractivity contribution in [2.75, 3.05) is 0 Å². The second kappa shape index (κ2) is 6.87. The van der Waals surface area contributed by atoms with Crippen molar-refractivity contribution in [1.29, 1.82) is 0 Å². The Morgan fingerprint density at radius 3 is 2.89 bits per heavy atom. The second-order valence-corrected chi connectivity index (χ2v) is 5.69. The molecule has 0 aliphatic carbocycles. The number of aromatic nitrogens is 2. The summed E-state index contributed by atoms with van der Waals surface area (Å²) in [6.45, 7) is 2.74. The summed E-state index contributed by atoms with van der Waals surface area (Å²) in [7, 11) is 0. The molecule has 0 spiro atoms. The van der Waals surface area contributed by atoms with Crippen LogP contribution in [-0.4, -0.2) is 9.55 Å². The summed E-state index contributed by atoms with van der Waals surface area (Å²) >= 11 is 7.39. The molecule has 2 aromatic heterocycles. The maximum Gasteiger partial charge on any atom is 0.250 e. The predicted molar refractivity (Wildman–Crippen MR) is 80.0 cm³/mol. The van der Waals surface area contributed by atoms with Crippen molar-refractivity contribution in [3.8, 4) is 0 Å². The molecule has 0 amide bonds. The van der Waals surface area contributed by atoms with Crippen LogP contribution in [0, 0.1) is 6.92 Å². The first-order chi connectivity index (χ1) is 9.20. The number of pyridine rings is 1. The molecule has 3 nitrogen and oxygen atoms in total. The topological polar surface area (TPSA) is 34.9 Å². The van der Waals surface area contributed by atoms with Gasteiger partial charge in [0.1, 0.15) is 0 Å². The summed E-state index contributed by atoms with van der Waals surface area (Å²) in [6, 6.07) is 5.38. The summed E-state index contributed by atoms with van der Waals surface area (Å²) in [5.74, 6) is 0.481. The van der Waals surface area contributed by atoms with Crippen LogP contribution in [-0.2, 0) is 18.8 Å². The van der Waals surface area contributed by atoms with Crippen LogP contribution in [0.25, 0.3) is 0 Å². The highest BCUT2D eigenvalue weighted by molar-refractivity contribution is 7.09. The van der Waals surface area contributed by atoms with Gasteiger partial charge in [0, 0.05) is 23.7 Å². The number of alkyl halides is 1. The third kappa shape index (κ3) is 3.91. The van der Waals surface area contributed by atoms with E-state index in [-0.39, 0.29) is 5.56 Å². The van der Waals surface area contributed by atoms with Gasteiger partial charge in [-0.1, -0.05) is 6.07 Å². The number of aryl methyl sites for hydroxylation is 2. The van der Waals surface area contributed by atoms with Gasteiger partial charge in [-0.05, 0) is 32.3 Å². The zero-order valence-electron chi connectivity index (χ0n) is 10.9. The molecule has 0 atom stereocenters. The average molecular weight is 297 g/mol. The van der Waals surface area contributed by atoms with Gasteiger partial charge < -0.3 is 4.57 Å². The molecule has 0 bridgehead atoms. The molecule has 0 fully saturated rings. The number of nitrogens with zero attached hydrogens (tertiary/aromatic N) is 2. The van der Waals surface area contributed by atoms with E-state index in [0.717, 1.165) is 42.2 Å². The fraction of sp³-hybridized carbons (Fsp3) is 0.429. The number of hydrogen-bond acceptors (Lipinski definition) is 3. The smallest absolute Gasteiger partial charge is 0.250 e. The second-order valence-electron chi connectivity index (χ2n) is 4.48. The van der Waals surface area contributed by atoms with E-state index < -0.39 is 0 Å². The van der Waals surface area contributed by atoms with E-state index >= 15 is 0 Å². The van der Waals surface area contributed by atoms with E-state index in [2.05, 4.69) is 4.98 Å². The van der Waals surface area contributed by atoms with Gasteiger partial charge in [0.2, 0.25) is 0 Å². The van der Waals surface area contributed by atoms with E-state index in [9.17, 15) is 4.79 Å².